The van der Waals surface area contributed by atoms with Gasteiger partial charge in [-0.3, -0.25) is 4.79 Å². The highest BCUT2D eigenvalue weighted by Gasteiger charge is 2.31. The predicted octanol–water partition coefficient (Wildman–Crippen LogP) is 1.81. The third-order valence-corrected chi connectivity index (χ3v) is 7.41. The van der Waals surface area contributed by atoms with Crippen LogP contribution in [0.25, 0.3) is 6.08 Å². The zero-order valence-corrected chi connectivity index (χ0v) is 19.3. The number of benzene rings is 1. The summed E-state index contributed by atoms with van der Waals surface area (Å²) >= 11 is 6.37. The number of halogens is 1. The molecule has 0 bridgehead atoms. The summed E-state index contributed by atoms with van der Waals surface area (Å²) in [6.07, 6.45) is 3.03. The first-order chi connectivity index (χ1) is 15.7. The standard InChI is InChI=1S/C21H22ClN3O7S/c1-13-16(21(22)25(24-13)15-6-7-33(28,29)11-15)3-5-20(27)30-10-19(26)23-9-14-2-4-17-18(8-14)32-12-31-17/h2-5,8,15H,6-7,9-12H2,1H3,(H,23,26). The maximum Gasteiger partial charge on any atom is 0.331 e. The molecule has 12 heteroatoms. The van der Waals surface area contributed by atoms with Crippen molar-refractivity contribution in [3.63, 3.8) is 0 Å². The zero-order valence-electron chi connectivity index (χ0n) is 17.7. The van der Waals surface area contributed by atoms with E-state index in [0.717, 1.165) is 11.6 Å². The Morgan fingerprint density at radius 3 is 2.88 bits per heavy atom. The van der Waals surface area contributed by atoms with Crippen LogP contribution < -0.4 is 14.8 Å². The third-order valence-electron chi connectivity index (χ3n) is 5.28. The molecule has 3 heterocycles. The van der Waals surface area contributed by atoms with Gasteiger partial charge in [0.25, 0.3) is 5.91 Å². The molecule has 2 aromatic rings. The molecule has 1 unspecified atom stereocenters. The van der Waals surface area contributed by atoms with Gasteiger partial charge >= 0.3 is 5.97 Å². The molecule has 2 aliphatic heterocycles. The fraction of sp³-hybridized carbons (Fsp3) is 0.381. The molecule has 176 valence electrons. The van der Waals surface area contributed by atoms with Crippen molar-refractivity contribution in [3.05, 3.63) is 46.2 Å². The summed E-state index contributed by atoms with van der Waals surface area (Å²) in [6, 6.07) is 5.00. The maximum absolute atomic E-state index is 12.0. The van der Waals surface area contributed by atoms with Crippen LogP contribution in [-0.2, 0) is 30.7 Å². The summed E-state index contributed by atoms with van der Waals surface area (Å²) in [5.41, 5.74) is 1.86. The lowest BCUT2D eigenvalue weighted by molar-refractivity contribution is -0.143. The number of carbonyl (C=O) groups is 2. The van der Waals surface area contributed by atoms with E-state index in [1.165, 1.54) is 10.8 Å². The highest BCUT2D eigenvalue weighted by Crippen LogP contribution is 2.32. The number of amides is 1. The average Bonchev–Trinajstić information content (AvgIpc) is 3.46. The lowest BCUT2D eigenvalue weighted by Crippen LogP contribution is -2.28. The molecule has 1 atom stereocenters. The largest absolute Gasteiger partial charge is 0.454 e. The second kappa shape index (κ2) is 9.44. The SMILES string of the molecule is Cc1nn(C2CCS(=O)(=O)C2)c(Cl)c1C=CC(=O)OCC(=O)NCc1ccc2c(c1)OCO2. The lowest BCUT2D eigenvalue weighted by Gasteiger charge is -2.09. The van der Waals surface area contributed by atoms with Gasteiger partial charge in [-0.2, -0.15) is 5.10 Å². The minimum Gasteiger partial charge on any atom is -0.454 e. The Kier molecular flexibility index (Phi) is 6.61. The monoisotopic (exact) mass is 495 g/mol. The van der Waals surface area contributed by atoms with E-state index in [0.29, 0.717) is 29.2 Å². The van der Waals surface area contributed by atoms with Gasteiger partial charge in [0.1, 0.15) is 5.15 Å². The summed E-state index contributed by atoms with van der Waals surface area (Å²) in [5, 5.41) is 7.23. The number of carbonyl (C=O) groups excluding carboxylic acids is 2. The van der Waals surface area contributed by atoms with E-state index in [1.807, 2.05) is 0 Å². The van der Waals surface area contributed by atoms with Crippen molar-refractivity contribution < 1.29 is 32.2 Å². The molecule has 1 saturated heterocycles. The fourth-order valence-corrected chi connectivity index (χ4v) is 5.64. The molecule has 1 amide bonds. The molecular formula is C21H22ClN3O7S. The Hall–Kier alpha value is -3.05. The predicted molar refractivity (Wildman–Crippen MR) is 119 cm³/mol. The van der Waals surface area contributed by atoms with Gasteiger partial charge in [0.05, 0.1) is 23.2 Å². The molecule has 1 aromatic carbocycles. The molecule has 0 aliphatic carbocycles. The number of aryl methyl sites for hydroxylation is 1. The number of ether oxygens (including phenoxy) is 3. The number of fused-ring (bicyclic) bond motifs is 1. The number of hydrogen-bond donors (Lipinski definition) is 1. The summed E-state index contributed by atoms with van der Waals surface area (Å²) in [4.78, 5) is 24.0. The van der Waals surface area contributed by atoms with Crippen LogP contribution in [0.15, 0.2) is 24.3 Å². The van der Waals surface area contributed by atoms with Gasteiger partial charge in [-0.25, -0.2) is 17.9 Å². The second-order valence-corrected chi connectivity index (χ2v) is 10.3. The van der Waals surface area contributed by atoms with Gasteiger partial charge in [0.2, 0.25) is 6.79 Å². The fourth-order valence-electron chi connectivity index (χ4n) is 3.57. The first kappa shape index (κ1) is 23.1. The van der Waals surface area contributed by atoms with E-state index in [2.05, 4.69) is 10.4 Å². The highest BCUT2D eigenvalue weighted by atomic mass is 35.5. The van der Waals surface area contributed by atoms with Gasteiger partial charge in [-0.15, -0.1) is 0 Å². The molecule has 0 saturated carbocycles. The van der Waals surface area contributed by atoms with Gasteiger partial charge in [-0.05, 0) is 37.1 Å². The lowest BCUT2D eigenvalue weighted by atomic mass is 10.2. The minimum absolute atomic E-state index is 0.0135. The number of sulfone groups is 1. The van der Waals surface area contributed by atoms with E-state index in [9.17, 15) is 18.0 Å². The third kappa shape index (κ3) is 5.48. The topological polar surface area (TPSA) is 126 Å². The van der Waals surface area contributed by atoms with Crippen LogP contribution in [0.1, 0.15) is 29.3 Å². The van der Waals surface area contributed by atoms with Crippen LogP contribution in [0.3, 0.4) is 0 Å². The van der Waals surface area contributed by atoms with Crippen LogP contribution in [0.5, 0.6) is 11.5 Å². The number of nitrogens with zero attached hydrogens (tertiary/aromatic N) is 2. The molecule has 10 nitrogen and oxygen atoms in total. The molecule has 1 N–H and O–H groups in total. The normalized spacial score (nSPS) is 18.5. The summed E-state index contributed by atoms with van der Waals surface area (Å²) in [5.74, 6) is 0.172. The van der Waals surface area contributed by atoms with Crippen molar-refractivity contribution in [1.29, 1.82) is 0 Å². The molecule has 0 radical (unpaired) electrons. The van der Waals surface area contributed by atoms with E-state index < -0.39 is 28.3 Å². The van der Waals surface area contributed by atoms with Crippen LogP contribution >= 0.6 is 11.6 Å². The minimum atomic E-state index is -3.09. The number of aromatic nitrogens is 2. The van der Waals surface area contributed by atoms with Gasteiger partial charge in [-0.1, -0.05) is 17.7 Å². The number of rotatable bonds is 7. The summed E-state index contributed by atoms with van der Waals surface area (Å²) in [7, 11) is -3.09. The van der Waals surface area contributed by atoms with Crippen LogP contribution in [0, 0.1) is 6.92 Å². The average molecular weight is 496 g/mol. The Morgan fingerprint density at radius 1 is 1.33 bits per heavy atom. The highest BCUT2D eigenvalue weighted by molar-refractivity contribution is 7.91. The van der Waals surface area contributed by atoms with Crippen molar-refractivity contribution >= 4 is 39.4 Å². The van der Waals surface area contributed by atoms with E-state index in [1.54, 1.807) is 25.1 Å². The van der Waals surface area contributed by atoms with Gasteiger partial charge < -0.3 is 19.5 Å². The van der Waals surface area contributed by atoms with Gasteiger partial charge in [0.15, 0.2) is 27.9 Å². The van der Waals surface area contributed by atoms with E-state index >= 15 is 0 Å². The number of hydrogen-bond acceptors (Lipinski definition) is 8. The van der Waals surface area contributed by atoms with Crippen molar-refractivity contribution in [2.45, 2.75) is 25.9 Å². The maximum atomic E-state index is 12.0. The van der Waals surface area contributed by atoms with E-state index in [4.69, 9.17) is 25.8 Å². The van der Waals surface area contributed by atoms with Crippen LogP contribution in [0.4, 0.5) is 0 Å². The smallest absolute Gasteiger partial charge is 0.331 e. The Bertz CT molecular complexity index is 1220. The van der Waals surface area contributed by atoms with Crippen molar-refractivity contribution in [3.8, 4) is 11.5 Å². The van der Waals surface area contributed by atoms with Crippen molar-refractivity contribution in [1.82, 2.24) is 15.1 Å². The molecule has 33 heavy (non-hydrogen) atoms. The summed E-state index contributed by atoms with van der Waals surface area (Å²) < 4.78 is 40.4. The Labute approximate surface area is 195 Å². The van der Waals surface area contributed by atoms with Crippen LogP contribution in [-0.4, -0.2) is 55.0 Å². The molecule has 2 aliphatic rings. The molecular weight excluding hydrogens is 474 g/mol. The second-order valence-electron chi connectivity index (χ2n) is 7.70. The summed E-state index contributed by atoms with van der Waals surface area (Å²) in [6.45, 7) is 1.68. The van der Waals surface area contributed by atoms with E-state index in [-0.39, 0.29) is 36.0 Å². The molecule has 0 spiro atoms. The first-order valence-electron chi connectivity index (χ1n) is 10.2. The quantitative estimate of drug-likeness (QED) is 0.455. The van der Waals surface area contributed by atoms with Crippen molar-refractivity contribution in [2.75, 3.05) is 24.9 Å². The molecule has 4 rings (SSSR count). The Morgan fingerprint density at radius 2 is 2.12 bits per heavy atom. The van der Waals surface area contributed by atoms with Crippen LogP contribution in [0.2, 0.25) is 5.15 Å². The zero-order chi connectivity index (χ0) is 23.6. The molecule has 1 fully saturated rings. The van der Waals surface area contributed by atoms with Gasteiger partial charge in [0, 0.05) is 18.2 Å². The molecule has 1 aromatic heterocycles. The first-order valence-corrected chi connectivity index (χ1v) is 12.4. The van der Waals surface area contributed by atoms with Crippen molar-refractivity contribution in [2.24, 2.45) is 0 Å². The number of esters is 1. The Balaban J connectivity index is 1.27. The number of nitrogens with one attached hydrogen (secondary N) is 1.